The van der Waals surface area contributed by atoms with E-state index >= 15 is 0 Å². The van der Waals surface area contributed by atoms with Gasteiger partial charge in [-0.3, -0.25) is 9.59 Å². The molecule has 0 aliphatic carbocycles. The van der Waals surface area contributed by atoms with Crippen LogP contribution in [0.4, 0.5) is 0 Å². The third-order valence-corrected chi connectivity index (χ3v) is 3.98. The van der Waals surface area contributed by atoms with Gasteiger partial charge in [0.15, 0.2) is 11.6 Å². The van der Waals surface area contributed by atoms with Crippen LogP contribution in [0.15, 0.2) is 21.1 Å². The fourth-order valence-corrected chi connectivity index (χ4v) is 2.77. The number of aryl methyl sites for hydroxylation is 1. The summed E-state index contributed by atoms with van der Waals surface area (Å²) < 4.78 is 10.7. The van der Waals surface area contributed by atoms with Crippen molar-refractivity contribution in [3.8, 4) is 0 Å². The zero-order valence-electron chi connectivity index (χ0n) is 13.7. The van der Waals surface area contributed by atoms with Crippen molar-refractivity contribution < 1.29 is 18.5 Å². The Morgan fingerprint density at radius 3 is 2.96 bits per heavy atom. The molecule has 1 N–H and O–H groups in total. The number of carbonyl (C=O) groups excluding carboxylic acids is 2. The van der Waals surface area contributed by atoms with Crippen LogP contribution in [0.25, 0.3) is 0 Å². The van der Waals surface area contributed by atoms with Gasteiger partial charge in [-0.2, -0.15) is 4.98 Å². The Hall–Kier alpha value is -2.64. The first-order valence-electron chi connectivity index (χ1n) is 8.05. The predicted molar refractivity (Wildman–Crippen MR) is 82.9 cm³/mol. The van der Waals surface area contributed by atoms with Crippen LogP contribution in [0.2, 0.25) is 0 Å². The van der Waals surface area contributed by atoms with Gasteiger partial charge in [-0.05, 0) is 25.0 Å². The number of hydrogen-bond donors (Lipinski definition) is 1. The first-order chi connectivity index (χ1) is 11.6. The van der Waals surface area contributed by atoms with Gasteiger partial charge >= 0.3 is 0 Å². The van der Waals surface area contributed by atoms with Crippen molar-refractivity contribution in [1.29, 1.82) is 0 Å². The summed E-state index contributed by atoms with van der Waals surface area (Å²) in [5.74, 6) is 1.55. The topological polar surface area (TPSA) is 101 Å². The number of rotatable bonds is 5. The maximum absolute atomic E-state index is 12.7. The maximum Gasteiger partial charge on any atom is 0.290 e. The van der Waals surface area contributed by atoms with Crippen molar-refractivity contribution in [1.82, 2.24) is 20.4 Å². The van der Waals surface area contributed by atoms with Crippen molar-refractivity contribution in [2.45, 2.75) is 45.7 Å². The number of likely N-dealkylation sites (tertiary alicyclic amines) is 1. The predicted octanol–water partition coefficient (Wildman–Crippen LogP) is 1.84. The summed E-state index contributed by atoms with van der Waals surface area (Å²) in [6, 6.07) is 3.13. The van der Waals surface area contributed by atoms with Crippen LogP contribution in [-0.4, -0.2) is 33.4 Å². The molecule has 2 aromatic rings. The quantitative estimate of drug-likeness (QED) is 0.896. The van der Waals surface area contributed by atoms with E-state index < -0.39 is 0 Å². The molecule has 1 saturated heterocycles. The van der Waals surface area contributed by atoms with Gasteiger partial charge in [0.05, 0.1) is 12.6 Å². The highest BCUT2D eigenvalue weighted by molar-refractivity contribution is 5.92. The molecule has 0 aromatic carbocycles. The van der Waals surface area contributed by atoms with Crippen LogP contribution in [0.1, 0.15) is 60.8 Å². The second kappa shape index (κ2) is 6.86. The van der Waals surface area contributed by atoms with E-state index in [9.17, 15) is 9.59 Å². The lowest BCUT2D eigenvalue weighted by Gasteiger charge is -2.20. The molecule has 1 atom stereocenters. The smallest absolute Gasteiger partial charge is 0.290 e. The van der Waals surface area contributed by atoms with Crippen LogP contribution in [0.5, 0.6) is 0 Å². The van der Waals surface area contributed by atoms with Crippen molar-refractivity contribution in [3.63, 3.8) is 0 Å². The number of aromatic nitrogens is 2. The summed E-state index contributed by atoms with van der Waals surface area (Å²) >= 11 is 0. The van der Waals surface area contributed by atoms with Gasteiger partial charge in [-0.25, -0.2) is 0 Å². The van der Waals surface area contributed by atoms with E-state index in [1.54, 1.807) is 17.0 Å². The van der Waals surface area contributed by atoms with Crippen LogP contribution >= 0.6 is 0 Å². The number of nitrogens with one attached hydrogen (secondary N) is 1. The zero-order valence-corrected chi connectivity index (χ0v) is 13.7. The minimum atomic E-state index is -0.200. The summed E-state index contributed by atoms with van der Waals surface area (Å²) in [5, 5.41) is 6.63. The van der Waals surface area contributed by atoms with Crippen LogP contribution in [0, 0.1) is 0 Å². The fourth-order valence-electron chi connectivity index (χ4n) is 2.77. The molecule has 8 heteroatoms. The van der Waals surface area contributed by atoms with Gasteiger partial charge in [0.25, 0.3) is 5.91 Å². The number of hydrogen-bond acceptors (Lipinski definition) is 6. The van der Waals surface area contributed by atoms with Gasteiger partial charge < -0.3 is 19.2 Å². The molecule has 1 aliphatic rings. The third kappa shape index (κ3) is 3.32. The normalized spacial score (nSPS) is 17.2. The van der Waals surface area contributed by atoms with Crippen molar-refractivity contribution in [2.24, 2.45) is 0 Å². The first kappa shape index (κ1) is 16.2. The summed E-state index contributed by atoms with van der Waals surface area (Å²) in [6.45, 7) is 4.26. The highest BCUT2D eigenvalue weighted by Gasteiger charge is 2.35. The molecule has 24 heavy (non-hydrogen) atoms. The summed E-state index contributed by atoms with van der Waals surface area (Å²) in [4.78, 5) is 29.7. The maximum atomic E-state index is 12.7. The minimum Gasteiger partial charge on any atom is -0.454 e. The highest BCUT2D eigenvalue weighted by atomic mass is 16.5. The molecule has 8 nitrogen and oxygen atoms in total. The lowest BCUT2D eigenvalue weighted by atomic mass is 10.2. The number of amides is 2. The van der Waals surface area contributed by atoms with Gasteiger partial charge in [0.1, 0.15) is 5.76 Å². The Morgan fingerprint density at radius 1 is 1.42 bits per heavy atom. The average molecular weight is 332 g/mol. The molecular weight excluding hydrogens is 312 g/mol. The van der Waals surface area contributed by atoms with Crippen molar-refractivity contribution in [3.05, 3.63) is 35.4 Å². The molecule has 0 radical (unpaired) electrons. The first-order valence-corrected chi connectivity index (χ1v) is 8.05. The van der Waals surface area contributed by atoms with E-state index in [1.807, 2.05) is 6.92 Å². The molecular formula is C16H20N4O4. The van der Waals surface area contributed by atoms with E-state index in [-0.39, 0.29) is 30.2 Å². The SMILES string of the molecule is CCc1nc([C@H]2CCCN2C(=O)c2ccc(CNC(C)=O)o2)no1. The zero-order chi connectivity index (χ0) is 17.1. The summed E-state index contributed by atoms with van der Waals surface area (Å²) in [6.07, 6.45) is 2.35. The van der Waals surface area contributed by atoms with Gasteiger partial charge in [-0.1, -0.05) is 12.1 Å². The molecule has 0 bridgehead atoms. The lowest BCUT2D eigenvalue weighted by molar-refractivity contribution is -0.119. The molecule has 0 spiro atoms. The lowest BCUT2D eigenvalue weighted by Crippen LogP contribution is -2.30. The molecule has 3 heterocycles. The van der Waals surface area contributed by atoms with Gasteiger partial charge in [-0.15, -0.1) is 0 Å². The van der Waals surface area contributed by atoms with E-state index in [1.165, 1.54) is 6.92 Å². The van der Waals surface area contributed by atoms with Gasteiger partial charge in [0, 0.05) is 19.9 Å². The average Bonchev–Trinajstić information content (AvgIpc) is 3.30. The Labute approximate surface area is 139 Å². The van der Waals surface area contributed by atoms with Crippen molar-refractivity contribution >= 4 is 11.8 Å². The molecule has 0 unspecified atom stereocenters. The molecule has 1 aliphatic heterocycles. The molecule has 0 saturated carbocycles. The second-order valence-corrected chi connectivity index (χ2v) is 5.73. The third-order valence-electron chi connectivity index (χ3n) is 3.98. The number of carbonyl (C=O) groups is 2. The van der Waals surface area contributed by atoms with E-state index in [0.29, 0.717) is 30.4 Å². The standard InChI is InChI=1S/C16H20N4O4/c1-3-14-18-15(19-24-14)12-5-4-8-20(12)16(22)13-7-6-11(23-13)9-17-10(2)21/h6-7,12H,3-5,8-9H2,1-2H3,(H,17,21)/t12-/m1/s1. The van der Waals surface area contributed by atoms with Gasteiger partial charge in [0.2, 0.25) is 11.8 Å². The van der Waals surface area contributed by atoms with E-state index in [4.69, 9.17) is 8.94 Å². The van der Waals surface area contributed by atoms with Crippen molar-refractivity contribution in [2.75, 3.05) is 6.54 Å². The molecule has 2 amide bonds. The Bertz CT molecular complexity index is 736. The minimum absolute atomic E-state index is 0.150. The Kier molecular flexibility index (Phi) is 4.64. The highest BCUT2D eigenvalue weighted by Crippen LogP contribution is 2.31. The second-order valence-electron chi connectivity index (χ2n) is 5.73. The van der Waals surface area contributed by atoms with E-state index in [0.717, 1.165) is 12.8 Å². The van der Waals surface area contributed by atoms with Crippen LogP contribution in [0.3, 0.4) is 0 Å². The number of nitrogens with zero attached hydrogens (tertiary/aromatic N) is 3. The summed E-state index contributed by atoms with van der Waals surface area (Å²) in [5.41, 5.74) is 0. The molecule has 2 aromatic heterocycles. The molecule has 128 valence electrons. The Balaban J connectivity index is 1.72. The molecule has 1 fully saturated rings. The van der Waals surface area contributed by atoms with Crippen LogP contribution in [-0.2, 0) is 17.8 Å². The summed E-state index contributed by atoms with van der Waals surface area (Å²) in [7, 11) is 0. The van der Waals surface area contributed by atoms with Crippen LogP contribution < -0.4 is 5.32 Å². The Morgan fingerprint density at radius 2 is 2.25 bits per heavy atom. The largest absolute Gasteiger partial charge is 0.454 e. The molecule has 3 rings (SSSR count). The monoisotopic (exact) mass is 332 g/mol. The number of furan rings is 1. The van der Waals surface area contributed by atoms with E-state index in [2.05, 4.69) is 15.5 Å². The fraction of sp³-hybridized carbons (Fsp3) is 0.500.